The van der Waals surface area contributed by atoms with Gasteiger partial charge in [0, 0.05) is 15.6 Å². The van der Waals surface area contributed by atoms with Crippen molar-refractivity contribution in [3.63, 3.8) is 0 Å². The summed E-state index contributed by atoms with van der Waals surface area (Å²) in [6.07, 6.45) is 7.91. The first kappa shape index (κ1) is 16.2. The summed E-state index contributed by atoms with van der Waals surface area (Å²) in [6, 6.07) is 7.64. The van der Waals surface area contributed by atoms with Gasteiger partial charge in [0.15, 0.2) is 0 Å². The number of nitrogens with one attached hydrogen (secondary N) is 1. The molecule has 0 amide bonds. The Morgan fingerprint density at radius 2 is 2.14 bits per heavy atom. The number of thiophene rings is 1. The van der Waals surface area contributed by atoms with E-state index in [-0.39, 0.29) is 5.82 Å². The highest BCUT2D eigenvalue weighted by Crippen LogP contribution is 2.32. The summed E-state index contributed by atoms with van der Waals surface area (Å²) in [4.78, 5) is 1.32. The maximum atomic E-state index is 13.3. The molecule has 0 saturated carbocycles. The van der Waals surface area contributed by atoms with Crippen molar-refractivity contribution in [3.8, 4) is 0 Å². The minimum atomic E-state index is -0.152. The molecule has 0 aliphatic heterocycles. The second-order valence-electron chi connectivity index (χ2n) is 5.37. The standard InChI is InChI=1S/C18H24FNS/c1-3-5-6-7-8-9-16(20-4-2)18-12-14-10-11-15(19)13-17(14)21-18/h3,10-13,16,20H,1,4-9H2,2H3. The van der Waals surface area contributed by atoms with Gasteiger partial charge >= 0.3 is 0 Å². The first-order valence-electron chi connectivity index (χ1n) is 7.78. The van der Waals surface area contributed by atoms with Gasteiger partial charge in [0.05, 0.1) is 0 Å². The van der Waals surface area contributed by atoms with E-state index in [4.69, 9.17) is 0 Å². The SMILES string of the molecule is C=CCCCCCC(NCC)c1cc2ccc(F)cc2s1. The highest BCUT2D eigenvalue weighted by atomic mass is 32.1. The lowest BCUT2D eigenvalue weighted by molar-refractivity contribution is 0.490. The zero-order valence-corrected chi connectivity index (χ0v) is 13.5. The number of rotatable bonds is 9. The summed E-state index contributed by atoms with van der Waals surface area (Å²) < 4.78 is 14.3. The lowest BCUT2D eigenvalue weighted by Gasteiger charge is -2.16. The first-order chi connectivity index (χ1) is 10.2. The van der Waals surface area contributed by atoms with Crippen LogP contribution in [0.3, 0.4) is 0 Å². The van der Waals surface area contributed by atoms with Crippen LogP contribution in [0.1, 0.15) is 49.9 Å². The van der Waals surface area contributed by atoms with Crippen LogP contribution in [0.15, 0.2) is 36.9 Å². The summed E-state index contributed by atoms with van der Waals surface area (Å²) in [6.45, 7) is 6.86. The Morgan fingerprint density at radius 3 is 2.90 bits per heavy atom. The fraction of sp³-hybridized carbons (Fsp3) is 0.444. The van der Waals surface area contributed by atoms with Crippen molar-refractivity contribution >= 4 is 21.4 Å². The third kappa shape index (κ3) is 4.65. The van der Waals surface area contributed by atoms with E-state index in [1.54, 1.807) is 17.4 Å². The van der Waals surface area contributed by atoms with Crippen molar-refractivity contribution < 1.29 is 4.39 Å². The molecule has 114 valence electrons. The van der Waals surface area contributed by atoms with Crippen LogP contribution in [0.4, 0.5) is 4.39 Å². The van der Waals surface area contributed by atoms with E-state index >= 15 is 0 Å². The Labute approximate surface area is 130 Å². The van der Waals surface area contributed by atoms with Crippen LogP contribution in [0.5, 0.6) is 0 Å². The molecule has 1 nitrogen and oxygen atoms in total. The van der Waals surface area contributed by atoms with Gasteiger partial charge in [0.2, 0.25) is 0 Å². The van der Waals surface area contributed by atoms with Crippen molar-refractivity contribution in [2.75, 3.05) is 6.54 Å². The van der Waals surface area contributed by atoms with Gasteiger partial charge in [0.25, 0.3) is 0 Å². The van der Waals surface area contributed by atoms with E-state index < -0.39 is 0 Å². The van der Waals surface area contributed by atoms with Crippen molar-refractivity contribution in [3.05, 3.63) is 47.6 Å². The minimum Gasteiger partial charge on any atom is -0.310 e. The molecule has 0 aliphatic rings. The largest absolute Gasteiger partial charge is 0.310 e. The molecule has 1 N–H and O–H groups in total. The fourth-order valence-electron chi connectivity index (χ4n) is 2.60. The van der Waals surface area contributed by atoms with Gasteiger partial charge in [-0.2, -0.15) is 0 Å². The molecule has 1 unspecified atom stereocenters. The molecule has 21 heavy (non-hydrogen) atoms. The van der Waals surface area contributed by atoms with Crippen molar-refractivity contribution in [1.29, 1.82) is 0 Å². The second kappa shape index (κ2) is 8.30. The lowest BCUT2D eigenvalue weighted by Crippen LogP contribution is -2.19. The Morgan fingerprint density at radius 1 is 1.29 bits per heavy atom. The smallest absolute Gasteiger partial charge is 0.124 e. The Kier molecular flexibility index (Phi) is 6.40. The molecule has 0 aliphatic carbocycles. The molecule has 1 atom stereocenters. The maximum Gasteiger partial charge on any atom is 0.124 e. The molecule has 0 fully saturated rings. The van der Waals surface area contributed by atoms with Gasteiger partial charge < -0.3 is 5.32 Å². The average Bonchev–Trinajstić information content (AvgIpc) is 2.88. The number of fused-ring (bicyclic) bond motifs is 1. The first-order valence-corrected chi connectivity index (χ1v) is 8.59. The van der Waals surface area contributed by atoms with Crippen LogP contribution < -0.4 is 5.32 Å². The number of hydrogen-bond acceptors (Lipinski definition) is 2. The normalized spacial score (nSPS) is 12.7. The molecule has 0 spiro atoms. The van der Waals surface area contributed by atoms with Crippen LogP contribution in [0, 0.1) is 5.82 Å². The summed E-state index contributed by atoms with van der Waals surface area (Å²) in [5.41, 5.74) is 0. The van der Waals surface area contributed by atoms with Crippen molar-refractivity contribution in [2.45, 2.75) is 45.1 Å². The number of hydrogen-bond donors (Lipinski definition) is 1. The molecule has 1 heterocycles. The quantitative estimate of drug-likeness (QED) is 0.454. The number of allylic oxidation sites excluding steroid dienone is 1. The minimum absolute atomic E-state index is 0.152. The van der Waals surface area contributed by atoms with Gasteiger partial charge in [0.1, 0.15) is 5.82 Å². The van der Waals surface area contributed by atoms with E-state index in [0.29, 0.717) is 6.04 Å². The molecule has 0 bridgehead atoms. The number of halogens is 1. The maximum absolute atomic E-state index is 13.3. The zero-order chi connectivity index (χ0) is 15.1. The summed E-state index contributed by atoms with van der Waals surface area (Å²) in [7, 11) is 0. The third-order valence-electron chi connectivity index (χ3n) is 3.70. The van der Waals surface area contributed by atoms with Crippen LogP contribution >= 0.6 is 11.3 Å². The van der Waals surface area contributed by atoms with E-state index in [1.165, 1.54) is 30.2 Å². The Balaban J connectivity index is 2.02. The second-order valence-corrected chi connectivity index (χ2v) is 6.48. The molecule has 3 heteroatoms. The van der Waals surface area contributed by atoms with Crippen molar-refractivity contribution in [1.82, 2.24) is 5.32 Å². The fourth-order valence-corrected chi connectivity index (χ4v) is 3.80. The van der Waals surface area contributed by atoms with Gasteiger partial charge in [-0.05, 0) is 49.4 Å². The molecule has 2 aromatic rings. The van der Waals surface area contributed by atoms with Crippen molar-refractivity contribution in [2.24, 2.45) is 0 Å². The number of benzene rings is 1. The van der Waals surface area contributed by atoms with Crippen LogP contribution in [-0.2, 0) is 0 Å². The lowest BCUT2D eigenvalue weighted by atomic mass is 10.1. The van der Waals surface area contributed by atoms with Gasteiger partial charge in [-0.25, -0.2) is 4.39 Å². The summed E-state index contributed by atoms with van der Waals surface area (Å²) in [5.74, 6) is -0.152. The van der Waals surface area contributed by atoms with Gasteiger partial charge in [-0.3, -0.25) is 0 Å². The number of unbranched alkanes of at least 4 members (excludes halogenated alkanes) is 3. The van der Waals surface area contributed by atoms with E-state index in [9.17, 15) is 4.39 Å². The van der Waals surface area contributed by atoms with Crippen LogP contribution in [-0.4, -0.2) is 6.54 Å². The van der Waals surface area contributed by atoms with E-state index in [1.807, 2.05) is 12.1 Å². The molecule has 0 saturated heterocycles. The monoisotopic (exact) mass is 305 g/mol. The topological polar surface area (TPSA) is 12.0 Å². The summed E-state index contributed by atoms with van der Waals surface area (Å²) in [5, 5.41) is 4.71. The summed E-state index contributed by atoms with van der Waals surface area (Å²) >= 11 is 1.71. The van der Waals surface area contributed by atoms with E-state index in [2.05, 4.69) is 24.9 Å². The Hall–Kier alpha value is -1.19. The van der Waals surface area contributed by atoms with Gasteiger partial charge in [-0.1, -0.05) is 31.9 Å². The molecular formula is C18H24FNS. The molecule has 0 radical (unpaired) electrons. The van der Waals surface area contributed by atoms with Gasteiger partial charge in [-0.15, -0.1) is 17.9 Å². The van der Waals surface area contributed by atoms with Crippen LogP contribution in [0.2, 0.25) is 0 Å². The Bertz CT molecular complexity index is 576. The molecule has 1 aromatic heterocycles. The van der Waals surface area contributed by atoms with E-state index in [0.717, 1.165) is 29.5 Å². The predicted octanol–water partition coefficient (Wildman–Crippen LogP) is 5.83. The molecule has 2 rings (SSSR count). The predicted molar refractivity (Wildman–Crippen MR) is 91.5 cm³/mol. The third-order valence-corrected chi connectivity index (χ3v) is 4.91. The highest BCUT2D eigenvalue weighted by molar-refractivity contribution is 7.19. The average molecular weight is 305 g/mol. The zero-order valence-electron chi connectivity index (χ0n) is 12.7. The molecular weight excluding hydrogens is 281 g/mol. The highest BCUT2D eigenvalue weighted by Gasteiger charge is 2.13. The van der Waals surface area contributed by atoms with Crippen LogP contribution in [0.25, 0.3) is 10.1 Å². The molecule has 1 aromatic carbocycles.